The van der Waals surface area contributed by atoms with Gasteiger partial charge in [-0.15, -0.1) is 5.92 Å². The van der Waals surface area contributed by atoms with E-state index in [0.29, 0.717) is 29.4 Å². The third kappa shape index (κ3) is 5.87. The lowest BCUT2D eigenvalue weighted by atomic mass is 10.1. The van der Waals surface area contributed by atoms with Gasteiger partial charge in [0.25, 0.3) is 5.56 Å². The van der Waals surface area contributed by atoms with E-state index < -0.39 is 11.2 Å². The predicted octanol–water partition coefficient (Wildman–Crippen LogP) is 3.71. The zero-order chi connectivity index (χ0) is 28.8. The lowest BCUT2D eigenvalue weighted by Crippen LogP contribution is -2.44. The van der Waals surface area contributed by atoms with Crippen molar-refractivity contribution < 1.29 is 0 Å². The minimum atomic E-state index is -0.444. The first-order valence-corrected chi connectivity index (χ1v) is 13.9. The fourth-order valence-corrected chi connectivity index (χ4v) is 5.04. The average Bonchev–Trinajstić information content (AvgIpc) is 3.35. The Hall–Kier alpha value is -4.16. The van der Waals surface area contributed by atoms with Gasteiger partial charge in [0.05, 0.1) is 24.5 Å². The fourth-order valence-electron chi connectivity index (χ4n) is 5.04. The van der Waals surface area contributed by atoms with Crippen molar-refractivity contribution in [3.8, 4) is 11.8 Å². The molecule has 1 aliphatic heterocycles. The molecule has 9 heteroatoms. The molecule has 3 aromatic rings. The van der Waals surface area contributed by atoms with E-state index in [1.54, 1.807) is 14.0 Å². The van der Waals surface area contributed by atoms with Gasteiger partial charge in [0.15, 0.2) is 11.2 Å². The van der Waals surface area contributed by atoms with Crippen LogP contribution in [-0.4, -0.2) is 43.5 Å². The number of fused-ring (bicyclic) bond motifs is 1. The van der Waals surface area contributed by atoms with E-state index >= 15 is 0 Å². The molecule has 9 nitrogen and oxygen atoms in total. The number of nitrogens with two attached hydrogens (primary N) is 1. The molecule has 0 aliphatic carbocycles. The van der Waals surface area contributed by atoms with Crippen LogP contribution in [0.5, 0.6) is 0 Å². The van der Waals surface area contributed by atoms with E-state index in [0.717, 1.165) is 42.6 Å². The smallest absolute Gasteiger partial charge is 0.332 e. The number of allylic oxidation sites excluding steroid dienone is 4. The topological polar surface area (TPSA) is 103 Å². The Labute approximate surface area is 235 Å². The summed E-state index contributed by atoms with van der Waals surface area (Å²) in [6.07, 6.45) is 8.50. The Morgan fingerprint density at radius 3 is 2.73 bits per heavy atom. The molecule has 0 bridgehead atoms. The molecule has 3 heterocycles. The SMILES string of the molecule is CC#CCn1c(N2CCCC(N)C2)nc2c1c(=O)n(CC(=Nc1ccccc1CC)/C(C)=C/C=C\C)c(=O)n2C. The summed E-state index contributed by atoms with van der Waals surface area (Å²) in [6.45, 7) is 9.45. The molecule has 210 valence electrons. The van der Waals surface area contributed by atoms with Crippen LogP contribution >= 0.6 is 0 Å². The highest BCUT2D eigenvalue weighted by atomic mass is 16.2. The van der Waals surface area contributed by atoms with Gasteiger partial charge < -0.3 is 10.6 Å². The summed E-state index contributed by atoms with van der Waals surface area (Å²) < 4.78 is 4.53. The molecule has 1 aromatic carbocycles. The monoisotopic (exact) mass is 541 g/mol. The molecule has 0 radical (unpaired) electrons. The highest BCUT2D eigenvalue weighted by Crippen LogP contribution is 2.24. The molecule has 1 atom stereocenters. The molecule has 4 rings (SSSR count). The van der Waals surface area contributed by atoms with E-state index in [2.05, 4.69) is 23.7 Å². The van der Waals surface area contributed by atoms with Crippen LogP contribution in [0.1, 0.15) is 46.1 Å². The molecule has 1 fully saturated rings. The average molecular weight is 542 g/mol. The molecule has 1 saturated heterocycles. The van der Waals surface area contributed by atoms with E-state index in [9.17, 15) is 9.59 Å². The minimum Gasteiger partial charge on any atom is -0.341 e. The Balaban J connectivity index is 1.93. The summed E-state index contributed by atoms with van der Waals surface area (Å²) >= 11 is 0. The van der Waals surface area contributed by atoms with Crippen LogP contribution in [0.3, 0.4) is 0 Å². The van der Waals surface area contributed by atoms with Crippen LogP contribution in [0, 0.1) is 11.8 Å². The molecule has 0 amide bonds. The van der Waals surface area contributed by atoms with Crippen LogP contribution < -0.4 is 21.9 Å². The third-order valence-electron chi connectivity index (χ3n) is 7.30. The number of piperidine rings is 1. The van der Waals surface area contributed by atoms with Crippen LogP contribution in [0.4, 0.5) is 11.6 Å². The van der Waals surface area contributed by atoms with Crippen molar-refractivity contribution >= 4 is 28.5 Å². The number of nitrogens with zero attached hydrogens (tertiary/aromatic N) is 6. The van der Waals surface area contributed by atoms with Gasteiger partial charge in [-0.2, -0.15) is 4.98 Å². The van der Waals surface area contributed by atoms with Gasteiger partial charge in [0.2, 0.25) is 5.95 Å². The molecule has 0 saturated carbocycles. The van der Waals surface area contributed by atoms with Crippen LogP contribution in [0.2, 0.25) is 0 Å². The number of rotatable bonds is 8. The van der Waals surface area contributed by atoms with Crippen molar-refractivity contribution in [1.82, 2.24) is 18.7 Å². The normalized spacial score (nSPS) is 16.6. The van der Waals surface area contributed by atoms with Crippen LogP contribution in [-0.2, 0) is 26.6 Å². The maximum atomic E-state index is 14.1. The number of para-hydroxylation sites is 1. The second kappa shape index (κ2) is 12.8. The van der Waals surface area contributed by atoms with Gasteiger partial charge >= 0.3 is 5.69 Å². The molecule has 2 aromatic heterocycles. The molecular weight excluding hydrogens is 502 g/mol. The molecule has 2 N–H and O–H groups in total. The maximum Gasteiger partial charge on any atom is 0.332 e. The van der Waals surface area contributed by atoms with Crippen molar-refractivity contribution in [1.29, 1.82) is 0 Å². The summed E-state index contributed by atoms with van der Waals surface area (Å²) in [5.74, 6) is 6.62. The number of aromatic nitrogens is 4. The summed E-state index contributed by atoms with van der Waals surface area (Å²) in [7, 11) is 1.65. The van der Waals surface area contributed by atoms with E-state index in [1.807, 2.05) is 60.9 Å². The lowest BCUT2D eigenvalue weighted by molar-refractivity contribution is 0.496. The van der Waals surface area contributed by atoms with Gasteiger partial charge in [-0.1, -0.05) is 49.3 Å². The predicted molar refractivity (Wildman–Crippen MR) is 164 cm³/mol. The zero-order valence-electron chi connectivity index (χ0n) is 24.1. The van der Waals surface area contributed by atoms with Gasteiger partial charge in [0.1, 0.15) is 0 Å². The number of aryl methyl sites for hydroxylation is 2. The zero-order valence-corrected chi connectivity index (χ0v) is 24.1. The van der Waals surface area contributed by atoms with Crippen LogP contribution in [0.15, 0.2) is 62.6 Å². The number of benzene rings is 1. The van der Waals surface area contributed by atoms with Crippen LogP contribution in [0.25, 0.3) is 11.2 Å². The van der Waals surface area contributed by atoms with Gasteiger partial charge in [0, 0.05) is 26.2 Å². The minimum absolute atomic E-state index is 0.0218. The second-order valence-corrected chi connectivity index (χ2v) is 10.1. The van der Waals surface area contributed by atoms with E-state index in [1.165, 1.54) is 9.13 Å². The number of anilines is 1. The first-order chi connectivity index (χ1) is 19.3. The highest BCUT2D eigenvalue weighted by Gasteiger charge is 2.26. The Morgan fingerprint density at radius 2 is 2.02 bits per heavy atom. The van der Waals surface area contributed by atoms with Crippen molar-refractivity contribution in [2.45, 2.75) is 66.1 Å². The summed E-state index contributed by atoms with van der Waals surface area (Å²) in [4.78, 5) is 39.6. The van der Waals surface area contributed by atoms with E-state index in [4.69, 9.17) is 15.7 Å². The lowest BCUT2D eigenvalue weighted by Gasteiger charge is -2.31. The highest BCUT2D eigenvalue weighted by molar-refractivity contribution is 6.01. The summed E-state index contributed by atoms with van der Waals surface area (Å²) in [6, 6.07) is 7.96. The number of imidazole rings is 1. The Kier molecular flexibility index (Phi) is 9.22. The molecule has 1 aliphatic rings. The van der Waals surface area contributed by atoms with Crippen molar-refractivity contribution in [3.63, 3.8) is 0 Å². The second-order valence-electron chi connectivity index (χ2n) is 10.1. The first kappa shape index (κ1) is 28.8. The quantitative estimate of drug-likeness (QED) is 0.266. The molecule has 0 spiro atoms. The van der Waals surface area contributed by atoms with E-state index in [-0.39, 0.29) is 19.1 Å². The Morgan fingerprint density at radius 1 is 1.25 bits per heavy atom. The summed E-state index contributed by atoms with van der Waals surface area (Å²) in [5.41, 5.74) is 9.53. The summed E-state index contributed by atoms with van der Waals surface area (Å²) in [5, 5.41) is 0. The van der Waals surface area contributed by atoms with Crippen molar-refractivity contribution in [2.75, 3.05) is 18.0 Å². The van der Waals surface area contributed by atoms with Crippen molar-refractivity contribution in [3.05, 3.63) is 74.5 Å². The standard InChI is InChI=1S/C31H39N7O2/c1-6-9-14-22(4)26(33-25-17-12-11-15-23(25)8-3)21-38-29(39)27-28(35(5)31(38)40)34-30(37(27)19-10-7-2)36-18-13-16-24(32)20-36/h6,9,11-12,14-15,17,24H,8,13,16,18-21,32H2,1-5H3/b9-6-,22-14+,33-26?. The molecule has 40 heavy (non-hydrogen) atoms. The number of hydrogen-bond donors (Lipinski definition) is 1. The first-order valence-electron chi connectivity index (χ1n) is 13.9. The fraction of sp³-hybridized carbons (Fsp3) is 0.419. The maximum absolute atomic E-state index is 14.1. The number of hydrogen-bond acceptors (Lipinski definition) is 6. The molecule has 1 unspecified atom stereocenters. The van der Waals surface area contributed by atoms with Crippen molar-refractivity contribution in [2.24, 2.45) is 17.8 Å². The van der Waals surface area contributed by atoms with Gasteiger partial charge in [-0.05, 0) is 57.2 Å². The largest absolute Gasteiger partial charge is 0.341 e. The van der Waals surface area contributed by atoms with Gasteiger partial charge in [-0.25, -0.2) is 4.79 Å². The number of aliphatic imine (C=N–C) groups is 1. The molecular formula is C31H39N7O2. The Bertz CT molecular complexity index is 1660. The van der Waals surface area contributed by atoms with Gasteiger partial charge in [-0.3, -0.25) is 23.5 Å². The third-order valence-corrected chi connectivity index (χ3v) is 7.30.